The highest BCUT2D eigenvalue weighted by Gasteiger charge is 2.16. The highest BCUT2D eigenvalue weighted by Crippen LogP contribution is 2.32. The molecule has 114 valence electrons. The van der Waals surface area contributed by atoms with Gasteiger partial charge in [-0.05, 0) is 30.3 Å². The zero-order valence-electron chi connectivity index (χ0n) is 12.9. The molecule has 0 saturated heterocycles. The van der Waals surface area contributed by atoms with Crippen molar-refractivity contribution in [2.75, 3.05) is 14.2 Å². The highest BCUT2D eigenvalue weighted by molar-refractivity contribution is 6.05. The van der Waals surface area contributed by atoms with Crippen molar-refractivity contribution in [2.24, 2.45) is 0 Å². The lowest BCUT2D eigenvalue weighted by atomic mass is 10.2. The molecule has 0 fully saturated rings. The minimum absolute atomic E-state index is 0.670. The molecule has 23 heavy (non-hydrogen) atoms. The summed E-state index contributed by atoms with van der Waals surface area (Å²) in [5, 5.41) is 6.65. The first-order valence-electron chi connectivity index (χ1n) is 7.26. The minimum Gasteiger partial charge on any atom is -0.497 e. The molecule has 0 spiro atoms. The standard InChI is InChI=1S/C18H15N3O2/c1-22-13-9-7-12(8-10-13)21-18(23-2)15-11-19-16-6-4-3-5-14(16)17(15)20-21/h3-11H,1-2H3. The number of pyridine rings is 1. The van der Waals surface area contributed by atoms with Crippen molar-refractivity contribution in [3.8, 4) is 17.3 Å². The molecule has 5 nitrogen and oxygen atoms in total. The van der Waals surface area contributed by atoms with Gasteiger partial charge in [-0.25, -0.2) is 0 Å². The fourth-order valence-electron chi connectivity index (χ4n) is 2.75. The van der Waals surface area contributed by atoms with Crippen LogP contribution in [-0.4, -0.2) is 29.0 Å². The van der Waals surface area contributed by atoms with Crippen molar-refractivity contribution >= 4 is 21.8 Å². The molecule has 0 amide bonds. The lowest BCUT2D eigenvalue weighted by molar-refractivity contribution is 0.387. The van der Waals surface area contributed by atoms with Gasteiger partial charge in [0.05, 0.1) is 30.8 Å². The summed E-state index contributed by atoms with van der Waals surface area (Å²) in [5.74, 6) is 1.47. The minimum atomic E-state index is 0.670. The molecule has 2 aromatic heterocycles. The van der Waals surface area contributed by atoms with E-state index in [0.717, 1.165) is 33.2 Å². The van der Waals surface area contributed by atoms with Crippen molar-refractivity contribution in [2.45, 2.75) is 0 Å². The Morgan fingerprint density at radius 1 is 0.870 bits per heavy atom. The molecule has 0 atom stereocenters. The molecule has 2 aromatic carbocycles. The van der Waals surface area contributed by atoms with Crippen LogP contribution in [0.3, 0.4) is 0 Å². The maximum atomic E-state index is 5.59. The Bertz CT molecular complexity index is 990. The fourth-order valence-corrected chi connectivity index (χ4v) is 2.75. The number of nitrogens with zero attached hydrogens (tertiary/aromatic N) is 3. The van der Waals surface area contributed by atoms with Gasteiger partial charge in [-0.1, -0.05) is 18.2 Å². The zero-order valence-corrected chi connectivity index (χ0v) is 12.9. The predicted molar refractivity (Wildman–Crippen MR) is 89.5 cm³/mol. The summed E-state index contributed by atoms with van der Waals surface area (Å²) < 4.78 is 12.6. The third-order valence-electron chi connectivity index (χ3n) is 3.88. The number of para-hydroxylation sites is 1. The Kier molecular flexibility index (Phi) is 3.12. The van der Waals surface area contributed by atoms with E-state index in [1.807, 2.05) is 54.7 Å². The van der Waals surface area contributed by atoms with Gasteiger partial charge in [0.2, 0.25) is 5.88 Å². The average molecular weight is 305 g/mol. The molecule has 0 saturated carbocycles. The van der Waals surface area contributed by atoms with Crippen molar-refractivity contribution in [3.05, 3.63) is 54.7 Å². The van der Waals surface area contributed by atoms with Gasteiger partial charge in [0.15, 0.2) is 0 Å². The van der Waals surface area contributed by atoms with Gasteiger partial charge in [0.1, 0.15) is 11.3 Å². The number of aromatic nitrogens is 3. The number of ether oxygens (including phenoxy) is 2. The largest absolute Gasteiger partial charge is 0.497 e. The molecule has 0 radical (unpaired) electrons. The van der Waals surface area contributed by atoms with E-state index >= 15 is 0 Å². The lowest BCUT2D eigenvalue weighted by Crippen LogP contribution is -1.99. The Balaban J connectivity index is 2.00. The molecule has 5 heteroatoms. The van der Waals surface area contributed by atoms with Crippen LogP contribution in [0.15, 0.2) is 54.7 Å². The molecule has 0 unspecified atom stereocenters. The van der Waals surface area contributed by atoms with Gasteiger partial charge in [0, 0.05) is 11.6 Å². The van der Waals surface area contributed by atoms with Crippen molar-refractivity contribution in [1.29, 1.82) is 0 Å². The Hall–Kier alpha value is -3.08. The van der Waals surface area contributed by atoms with Gasteiger partial charge in [-0.2, -0.15) is 9.78 Å². The van der Waals surface area contributed by atoms with E-state index in [1.54, 1.807) is 18.9 Å². The van der Waals surface area contributed by atoms with E-state index in [4.69, 9.17) is 14.6 Å². The quantitative estimate of drug-likeness (QED) is 0.580. The second-order valence-corrected chi connectivity index (χ2v) is 5.16. The van der Waals surface area contributed by atoms with Crippen LogP contribution in [0.5, 0.6) is 11.6 Å². The molecule has 0 aliphatic carbocycles. The third-order valence-corrected chi connectivity index (χ3v) is 3.88. The van der Waals surface area contributed by atoms with E-state index in [0.29, 0.717) is 5.88 Å². The number of methoxy groups -OCH3 is 2. The molecule has 0 N–H and O–H groups in total. The topological polar surface area (TPSA) is 49.2 Å². The molecule has 4 rings (SSSR count). The summed E-state index contributed by atoms with van der Waals surface area (Å²) in [5.41, 5.74) is 2.70. The Morgan fingerprint density at radius 3 is 2.39 bits per heavy atom. The van der Waals surface area contributed by atoms with Crippen LogP contribution in [0.25, 0.3) is 27.5 Å². The molecule has 0 aliphatic rings. The maximum absolute atomic E-state index is 5.59. The second kappa shape index (κ2) is 5.28. The molecular weight excluding hydrogens is 290 g/mol. The first-order chi connectivity index (χ1) is 11.3. The highest BCUT2D eigenvalue weighted by atomic mass is 16.5. The van der Waals surface area contributed by atoms with Crippen LogP contribution in [-0.2, 0) is 0 Å². The normalized spacial score (nSPS) is 11.0. The molecule has 0 aliphatic heterocycles. The summed E-state index contributed by atoms with van der Waals surface area (Å²) in [6, 6.07) is 15.7. The number of fused-ring (bicyclic) bond motifs is 3. The van der Waals surface area contributed by atoms with E-state index in [1.165, 1.54) is 0 Å². The van der Waals surface area contributed by atoms with E-state index in [-0.39, 0.29) is 0 Å². The van der Waals surface area contributed by atoms with Crippen LogP contribution < -0.4 is 9.47 Å². The maximum Gasteiger partial charge on any atom is 0.226 e. The lowest BCUT2D eigenvalue weighted by Gasteiger charge is -2.07. The average Bonchev–Trinajstić information content (AvgIpc) is 3.00. The van der Waals surface area contributed by atoms with E-state index < -0.39 is 0 Å². The zero-order chi connectivity index (χ0) is 15.8. The van der Waals surface area contributed by atoms with Gasteiger partial charge >= 0.3 is 0 Å². The van der Waals surface area contributed by atoms with Crippen molar-refractivity contribution < 1.29 is 9.47 Å². The van der Waals surface area contributed by atoms with Crippen LogP contribution in [0.4, 0.5) is 0 Å². The number of rotatable bonds is 3. The van der Waals surface area contributed by atoms with E-state index in [2.05, 4.69) is 4.98 Å². The summed E-state index contributed by atoms with van der Waals surface area (Å²) in [6.45, 7) is 0. The first-order valence-corrected chi connectivity index (χ1v) is 7.26. The smallest absolute Gasteiger partial charge is 0.226 e. The van der Waals surface area contributed by atoms with Gasteiger partial charge in [-0.3, -0.25) is 4.98 Å². The monoisotopic (exact) mass is 305 g/mol. The van der Waals surface area contributed by atoms with E-state index in [9.17, 15) is 0 Å². The van der Waals surface area contributed by atoms with Crippen LogP contribution in [0.1, 0.15) is 0 Å². The predicted octanol–water partition coefficient (Wildman–Crippen LogP) is 3.59. The Labute approximate surface area is 133 Å². The number of benzene rings is 2. The summed E-state index contributed by atoms with van der Waals surface area (Å²) in [7, 11) is 3.29. The summed E-state index contributed by atoms with van der Waals surface area (Å²) >= 11 is 0. The fraction of sp³-hybridized carbons (Fsp3) is 0.111. The first kappa shape index (κ1) is 13.6. The van der Waals surface area contributed by atoms with Crippen molar-refractivity contribution in [3.63, 3.8) is 0 Å². The summed E-state index contributed by atoms with van der Waals surface area (Å²) in [6.07, 6.45) is 1.81. The number of hydrogen-bond donors (Lipinski definition) is 0. The molecular formula is C18H15N3O2. The van der Waals surface area contributed by atoms with Crippen molar-refractivity contribution in [1.82, 2.24) is 14.8 Å². The van der Waals surface area contributed by atoms with Crippen LogP contribution in [0, 0.1) is 0 Å². The second-order valence-electron chi connectivity index (χ2n) is 5.16. The Morgan fingerprint density at radius 2 is 1.65 bits per heavy atom. The van der Waals surface area contributed by atoms with Gasteiger partial charge < -0.3 is 9.47 Å². The molecule has 0 bridgehead atoms. The summed E-state index contributed by atoms with van der Waals surface area (Å²) in [4.78, 5) is 4.50. The SMILES string of the molecule is COc1ccc(-n2nc3c(cnc4ccccc43)c2OC)cc1. The molecule has 2 heterocycles. The molecule has 4 aromatic rings. The third kappa shape index (κ3) is 2.09. The van der Waals surface area contributed by atoms with Gasteiger partial charge in [-0.15, -0.1) is 0 Å². The van der Waals surface area contributed by atoms with Crippen LogP contribution in [0.2, 0.25) is 0 Å². The van der Waals surface area contributed by atoms with Gasteiger partial charge in [0.25, 0.3) is 0 Å². The van der Waals surface area contributed by atoms with Crippen LogP contribution >= 0.6 is 0 Å². The number of hydrogen-bond acceptors (Lipinski definition) is 4.